The van der Waals surface area contributed by atoms with Gasteiger partial charge in [-0.25, -0.2) is 4.79 Å². The molecule has 3 aromatic rings. The predicted molar refractivity (Wildman–Crippen MR) is 76.8 cm³/mol. The number of nitrogens with zero attached hydrogens (tertiary/aromatic N) is 1. The van der Waals surface area contributed by atoms with Gasteiger partial charge in [-0.3, -0.25) is 4.98 Å². The van der Waals surface area contributed by atoms with E-state index in [1.807, 2.05) is 6.07 Å². The molecule has 6 heteroatoms. The number of carbonyl (C=O) groups is 1. The molecule has 3 rings (SSSR count). The van der Waals surface area contributed by atoms with Gasteiger partial charge in [0, 0.05) is 11.6 Å². The Bertz CT molecular complexity index is 812. The fraction of sp³-hybridized carbons (Fsp3) is 0.0667. The molecule has 0 amide bonds. The molecule has 2 heterocycles. The number of hydrogen-bond acceptors (Lipinski definition) is 4. The van der Waals surface area contributed by atoms with Crippen molar-refractivity contribution in [2.45, 2.75) is 6.61 Å². The minimum Gasteiger partial charge on any atom is -0.483 e. The summed E-state index contributed by atoms with van der Waals surface area (Å²) in [6, 6.07) is 10.1. The quantitative estimate of drug-likeness (QED) is 0.794. The van der Waals surface area contributed by atoms with E-state index in [4.69, 9.17) is 25.9 Å². The molecule has 0 bridgehead atoms. The third-order valence-electron chi connectivity index (χ3n) is 2.92. The summed E-state index contributed by atoms with van der Waals surface area (Å²) in [5.41, 5.74) is 0.648. The van der Waals surface area contributed by atoms with E-state index in [9.17, 15) is 4.79 Å². The van der Waals surface area contributed by atoms with Crippen LogP contribution in [0.3, 0.4) is 0 Å². The van der Waals surface area contributed by atoms with Crippen molar-refractivity contribution in [1.29, 1.82) is 0 Å². The maximum Gasteiger partial charge on any atom is 0.371 e. The Balaban J connectivity index is 1.85. The molecule has 21 heavy (non-hydrogen) atoms. The first kappa shape index (κ1) is 13.5. The van der Waals surface area contributed by atoms with Crippen LogP contribution in [-0.2, 0) is 6.61 Å². The lowest BCUT2D eigenvalue weighted by Crippen LogP contribution is -1.96. The van der Waals surface area contributed by atoms with Gasteiger partial charge in [0.2, 0.25) is 5.76 Å². The lowest BCUT2D eigenvalue weighted by Gasteiger charge is -2.08. The maximum absolute atomic E-state index is 10.7. The molecule has 0 unspecified atom stereocenters. The van der Waals surface area contributed by atoms with Gasteiger partial charge in [0.1, 0.15) is 23.6 Å². The molecule has 5 nitrogen and oxygen atoms in total. The Morgan fingerprint density at radius 1 is 1.29 bits per heavy atom. The lowest BCUT2D eigenvalue weighted by atomic mass is 10.2. The molecule has 0 aliphatic carbocycles. The molecule has 0 atom stereocenters. The molecule has 0 saturated carbocycles. The lowest BCUT2D eigenvalue weighted by molar-refractivity contribution is 0.0658. The van der Waals surface area contributed by atoms with Gasteiger partial charge in [-0.15, -0.1) is 0 Å². The molecule has 0 aliphatic heterocycles. The van der Waals surface area contributed by atoms with Crippen LogP contribution in [0.15, 0.2) is 47.0 Å². The summed E-state index contributed by atoms with van der Waals surface area (Å²) < 4.78 is 10.8. The number of halogens is 1. The second kappa shape index (κ2) is 5.46. The number of rotatable bonds is 4. The Morgan fingerprint density at radius 3 is 2.90 bits per heavy atom. The van der Waals surface area contributed by atoms with E-state index in [-0.39, 0.29) is 12.4 Å². The summed E-state index contributed by atoms with van der Waals surface area (Å²) in [6.07, 6.45) is 1.65. The van der Waals surface area contributed by atoms with Gasteiger partial charge in [0.05, 0.1) is 5.02 Å². The van der Waals surface area contributed by atoms with Crippen molar-refractivity contribution in [2.24, 2.45) is 0 Å². The molecule has 0 aliphatic rings. The fourth-order valence-electron chi connectivity index (χ4n) is 1.95. The van der Waals surface area contributed by atoms with Gasteiger partial charge in [-0.2, -0.15) is 0 Å². The SMILES string of the molecule is O=C(O)c1ccc(COc2ccc(Cl)c3cccnc23)o1. The first-order valence-electron chi connectivity index (χ1n) is 6.13. The van der Waals surface area contributed by atoms with Crippen molar-refractivity contribution in [3.63, 3.8) is 0 Å². The van der Waals surface area contributed by atoms with E-state index in [0.29, 0.717) is 22.0 Å². The van der Waals surface area contributed by atoms with Crippen molar-refractivity contribution in [1.82, 2.24) is 4.98 Å². The highest BCUT2D eigenvalue weighted by Crippen LogP contribution is 2.30. The molecule has 0 spiro atoms. The van der Waals surface area contributed by atoms with Crippen LogP contribution in [0.25, 0.3) is 10.9 Å². The van der Waals surface area contributed by atoms with E-state index in [2.05, 4.69) is 4.98 Å². The van der Waals surface area contributed by atoms with Crippen LogP contribution < -0.4 is 4.74 Å². The van der Waals surface area contributed by atoms with Crippen molar-refractivity contribution in [2.75, 3.05) is 0 Å². The Labute approximate surface area is 124 Å². The molecule has 0 fully saturated rings. The standard InChI is InChI=1S/C15H10ClNO4/c16-11-4-6-12(14-10(11)2-1-7-17-14)20-8-9-3-5-13(21-9)15(18)19/h1-7H,8H2,(H,18,19). The molecule has 2 aromatic heterocycles. The highest BCUT2D eigenvalue weighted by Gasteiger charge is 2.11. The molecular formula is C15H10ClNO4. The first-order valence-corrected chi connectivity index (χ1v) is 6.51. The summed E-state index contributed by atoms with van der Waals surface area (Å²) in [5, 5.41) is 10.2. The van der Waals surface area contributed by atoms with Crippen LogP contribution in [0.2, 0.25) is 5.02 Å². The van der Waals surface area contributed by atoms with Crippen molar-refractivity contribution in [3.8, 4) is 5.75 Å². The van der Waals surface area contributed by atoms with E-state index in [1.54, 1.807) is 30.5 Å². The zero-order valence-electron chi connectivity index (χ0n) is 10.7. The number of carboxylic acids is 1. The Morgan fingerprint density at radius 2 is 2.14 bits per heavy atom. The zero-order valence-corrected chi connectivity index (χ0v) is 11.5. The summed E-state index contributed by atoms with van der Waals surface area (Å²) in [4.78, 5) is 15.0. The monoisotopic (exact) mass is 303 g/mol. The van der Waals surface area contributed by atoms with Crippen LogP contribution in [0.1, 0.15) is 16.3 Å². The predicted octanol–water partition coefficient (Wildman–Crippen LogP) is 3.76. The molecule has 106 valence electrons. The first-order chi connectivity index (χ1) is 10.1. The number of fused-ring (bicyclic) bond motifs is 1. The maximum atomic E-state index is 10.7. The van der Waals surface area contributed by atoms with Crippen molar-refractivity contribution >= 4 is 28.5 Å². The second-order valence-electron chi connectivity index (χ2n) is 4.30. The summed E-state index contributed by atoms with van der Waals surface area (Å²) in [5.74, 6) is -0.248. The number of ether oxygens (including phenoxy) is 1. The highest BCUT2D eigenvalue weighted by molar-refractivity contribution is 6.35. The fourth-order valence-corrected chi connectivity index (χ4v) is 2.16. The van der Waals surface area contributed by atoms with Crippen molar-refractivity contribution in [3.05, 3.63) is 59.1 Å². The third kappa shape index (κ3) is 2.68. The van der Waals surface area contributed by atoms with E-state index in [1.165, 1.54) is 6.07 Å². The number of aromatic nitrogens is 1. The van der Waals surface area contributed by atoms with Crippen molar-refractivity contribution < 1.29 is 19.1 Å². The van der Waals surface area contributed by atoms with E-state index < -0.39 is 5.97 Å². The van der Waals surface area contributed by atoms with Crippen LogP contribution in [0.4, 0.5) is 0 Å². The zero-order chi connectivity index (χ0) is 14.8. The summed E-state index contributed by atoms with van der Waals surface area (Å²) in [6.45, 7) is 0.112. The topological polar surface area (TPSA) is 72.6 Å². The van der Waals surface area contributed by atoms with Crippen LogP contribution in [0, 0.1) is 0 Å². The van der Waals surface area contributed by atoms with E-state index in [0.717, 1.165) is 5.39 Å². The average Bonchev–Trinajstić information content (AvgIpc) is 2.96. The normalized spacial score (nSPS) is 10.7. The number of carboxylic acid groups (broad SMARTS) is 1. The highest BCUT2D eigenvalue weighted by atomic mass is 35.5. The third-order valence-corrected chi connectivity index (χ3v) is 3.25. The number of aromatic carboxylic acids is 1. The van der Waals surface area contributed by atoms with Gasteiger partial charge in [0.15, 0.2) is 0 Å². The van der Waals surface area contributed by atoms with E-state index >= 15 is 0 Å². The summed E-state index contributed by atoms with van der Waals surface area (Å²) >= 11 is 6.11. The largest absolute Gasteiger partial charge is 0.483 e. The second-order valence-corrected chi connectivity index (χ2v) is 4.71. The number of furan rings is 1. The van der Waals surface area contributed by atoms with Gasteiger partial charge >= 0.3 is 5.97 Å². The van der Waals surface area contributed by atoms with Gasteiger partial charge in [-0.1, -0.05) is 11.6 Å². The number of benzene rings is 1. The van der Waals surface area contributed by atoms with Crippen LogP contribution >= 0.6 is 11.6 Å². The summed E-state index contributed by atoms with van der Waals surface area (Å²) in [7, 11) is 0. The molecule has 1 aromatic carbocycles. The number of hydrogen-bond donors (Lipinski definition) is 1. The average molecular weight is 304 g/mol. The van der Waals surface area contributed by atoms with Crippen LogP contribution in [-0.4, -0.2) is 16.1 Å². The van der Waals surface area contributed by atoms with Gasteiger partial charge in [0.25, 0.3) is 0 Å². The Hall–Kier alpha value is -2.53. The molecular weight excluding hydrogens is 294 g/mol. The molecule has 0 radical (unpaired) electrons. The minimum atomic E-state index is -1.11. The van der Waals surface area contributed by atoms with Gasteiger partial charge in [-0.05, 0) is 36.4 Å². The molecule has 0 saturated heterocycles. The van der Waals surface area contributed by atoms with Gasteiger partial charge < -0.3 is 14.3 Å². The minimum absolute atomic E-state index is 0.112. The van der Waals surface area contributed by atoms with Crippen LogP contribution in [0.5, 0.6) is 5.75 Å². The Kier molecular flexibility index (Phi) is 3.50. The smallest absolute Gasteiger partial charge is 0.371 e. The molecule has 1 N–H and O–H groups in total. The number of pyridine rings is 1.